The van der Waals surface area contributed by atoms with E-state index < -0.39 is 17.5 Å². The lowest BCUT2D eigenvalue weighted by Gasteiger charge is -2.19. The lowest BCUT2D eigenvalue weighted by molar-refractivity contribution is -0.163. The zero-order chi connectivity index (χ0) is 12.2. The van der Waals surface area contributed by atoms with E-state index in [-0.39, 0.29) is 12.5 Å². The van der Waals surface area contributed by atoms with E-state index in [1.165, 1.54) is 0 Å². The summed E-state index contributed by atoms with van der Waals surface area (Å²) in [6, 6.07) is 0. The average molecular weight is 228 g/mol. The van der Waals surface area contributed by atoms with Gasteiger partial charge in [-0.05, 0) is 46.5 Å². The molecule has 1 rings (SSSR count). The van der Waals surface area contributed by atoms with Gasteiger partial charge in [0.2, 0.25) is 0 Å². The van der Waals surface area contributed by atoms with Crippen molar-refractivity contribution in [2.45, 2.75) is 64.6 Å². The molecular formula is C12H20O4. The standard InChI is InChI=1S/C12H20O4/c1-12(2,3)16-11(14)8-10(13)15-9-6-4-5-7-9/h9H,4-8H2,1-3H3. The Balaban J connectivity index is 2.25. The molecule has 0 aromatic carbocycles. The fourth-order valence-electron chi connectivity index (χ4n) is 1.73. The number of carbonyl (C=O) groups is 2. The summed E-state index contributed by atoms with van der Waals surface area (Å²) in [6.45, 7) is 5.31. The maximum absolute atomic E-state index is 11.4. The zero-order valence-electron chi connectivity index (χ0n) is 10.2. The van der Waals surface area contributed by atoms with E-state index in [1.54, 1.807) is 20.8 Å². The van der Waals surface area contributed by atoms with Crippen LogP contribution in [0.3, 0.4) is 0 Å². The molecule has 0 spiro atoms. The van der Waals surface area contributed by atoms with Gasteiger partial charge >= 0.3 is 11.9 Å². The van der Waals surface area contributed by atoms with Gasteiger partial charge in [-0.1, -0.05) is 0 Å². The van der Waals surface area contributed by atoms with E-state index in [1.807, 2.05) is 0 Å². The van der Waals surface area contributed by atoms with Crippen molar-refractivity contribution in [3.05, 3.63) is 0 Å². The monoisotopic (exact) mass is 228 g/mol. The van der Waals surface area contributed by atoms with Crippen LogP contribution in [-0.4, -0.2) is 23.6 Å². The summed E-state index contributed by atoms with van der Waals surface area (Å²) in [5.41, 5.74) is -0.551. The summed E-state index contributed by atoms with van der Waals surface area (Å²) in [5.74, 6) is -0.989. The highest BCUT2D eigenvalue weighted by atomic mass is 16.6. The Morgan fingerprint density at radius 1 is 1.12 bits per heavy atom. The highest BCUT2D eigenvalue weighted by molar-refractivity contribution is 5.91. The number of carbonyl (C=O) groups excluding carboxylic acids is 2. The Morgan fingerprint density at radius 3 is 2.19 bits per heavy atom. The highest BCUT2D eigenvalue weighted by Gasteiger charge is 2.23. The first-order valence-corrected chi connectivity index (χ1v) is 5.78. The summed E-state index contributed by atoms with van der Waals surface area (Å²) in [5, 5.41) is 0. The van der Waals surface area contributed by atoms with E-state index in [0.717, 1.165) is 25.7 Å². The van der Waals surface area contributed by atoms with E-state index in [0.29, 0.717) is 0 Å². The molecule has 4 nitrogen and oxygen atoms in total. The van der Waals surface area contributed by atoms with E-state index in [9.17, 15) is 9.59 Å². The SMILES string of the molecule is CC(C)(C)OC(=O)CC(=O)OC1CCCC1. The smallest absolute Gasteiger partial charge is 0.317 e. The van der Waals surface area contributed by atoms with Crippen molar-refractivity contribution in [1.29, 1.82) is 0 Å². The van der Waals surface area contributed by atoms with E-state index in [4.69, 9.17) is 9.47 Å². The first kappa shape index (κ1) is 13.0. The van der Waals surface area contributed by atoms with Crippen molar-refractivity contribution < 1.29 is 19.1 Å². The van der Waals surface area contributed by atoms with Crippen LogP contribution in [0.15, 0.2) is 0 Å². The Kier molecular flexibility index (Phi) is 4.33. The van der Waals surface area contributed by atoms with Crippen molar-refractivity contribution in [2.24, 2.45) is 0 Å². The quantitative estimate of drug-likeness (QED) is 0.549. The average Bonchev–Trinajstić information content (AvgIpc) is 2.51. The lowest BCUT2D eigenvalue weighted by Crippen LogP contribution is -2.26. The number of ether oxygens (including phenoxy) is 2. The Hall–Kier alpha value is -1.06. The summed E-state index contributed by atoms with van der Waals surface area (Å²) >= 11 is 0. The molecular weight excluding hydrogens is 208 g/mol. The Bertz CT molecular complexity index is 259. The molecule has 0 radical (unpaired) electrons. The van der Waals surface area contributed by atoms with Gasteiger partial charge in [-0.3, -0.25) is 9.59 Å². The molecule has 0 bridgehead atoms. The molecule has 0 aromatic rings. The van der Waals surface area contributed by atoms with Crippen LogP contribution in [-0.2, 0) is 19.1 Å². The van der Waals surface area contributed by atoms with Crippen molar-refractivity contribution in [2.75, 3.05) is 0 Å². The van der Waals surface area contributed by atoms with Crippen LogP contribution in [0.2, 0.25) is 0 Å². The number of rotatable bonds is 3. The molecule has 0 N–H and O–H groups in total. The molecule has 0 aromatic heterocycles. The van der Waals surface area contributed by atoms with Crippen molar-refractivity contribution >= 4 is 11.9 Å². The maximum Gasteiger partial charge on any atom is 0.317 e. The van der Waals surface area contributed by atoms with Gasteiger partial charge in [-0.15, -0.1) is 0 Å². The van der Waals surface area contributed by atoms with Crippen LogP contribution in [0.4, 0.5) is 0 Å². The lowest BCUT2D eigenvalue weighted by atomic mass is 10.2. The molecule has 1 aliphatic carbocycles. The topological polar surface area (TPSA) is 52.6 Å². The van der Waals surface area contributed by atoms with Crippen LogP contribution in [0.25, 0.3) is 0 Å². The molecule has 4 heteroatoms. The predicted octanol–water partition coefficient (Wildman–Crippen LogP) is 2.20. The largest absolute Gasteiger partial charge is 0.462 e. The van der Waals surface area contributed by atoms with Gasteiger partial charge in [0.05, 0.1) is 0 Å². The third-order valence-corrected chi connectivity index (χ3v) is 2.31. The Labute approximate surface area is 96.3 Å². The minimum atomic E-state index is -0.551. The van der Waals surface area contributed by atoms with Crippen LogP contribution < -0.4 is 0 Å². The van der Waals surface area contributed by atoms with Gasteiger partial charge in [0.1, 0.15) is 18.1 Å². The van der Waals surface area contributed by atoms with Crippen LogP contribution in [0.5, 0.6) is 0 Å². The fourth-order valence-corrected chi connectivity index (χ4v) is 1.73. The normalized spacial score (nSPS) is 17.2. The summed E-state index contributed by atoms with van der Waals surface area (Å²) < 4.78 is 10.2. The van der Waals surface area contributed by atoms with Crippen molar-refractivity contribution in [3.8, 4) is 0 Å². The summed E-state index contributed by atoms with van der Waals surface area (Å²) in [6.07, 6.45) is 3.76. The maximum atomic E-state index is 11.4. The van der Waals surface area contributed by atoms with Crippen molar-refractivity contribution in [1.82, 2.24) is 0 Å². The van der Waals surface area contributed by atoms with Gasteiger partial charge < -0.3 is 9.47 Å². The molecule has 0 unspecified atom stereocenters. The number of hydrogen-bond donors (Lipinski definition) is 0. The minimum Gasteiger partial charge on any atom is -0.462 e. The van der Waals surface area contributed by atoms with Crippen LogP contribution in [0.1, 0.15) is 52.9 Å². The fraction of sp³-hybridized carbons (Fsp3) is 0.833. The van der Waals surface area contributed by atoms with Gasteiger partial charge in [-0.2, -0.15) is 0 Å². The second kappa shape index (κ2) is 5.32. The molecule has 0 atom stereocenters. The molecule has 0 aliphatic heterocycles. The molecule has 1 fully saturated rings. The second-order valence-corrected chi connectivity index (χ2v) is 5.16. The first-order chi connectivity index (χ1) is 7.37. The predicted molar refractivity (Wildman–Crippen MR) is 58.8 cm³/mol. The van der Waals surface area contributed by atoms with Gasteiger partial charge in [0.15, 0.2) is 0 Å². The van der Waals surface area contributed by atoms with Gasteiger partial charge in [0, 0.05) is 0 Å². The molecule has 92 valence electrons. The third kappa shape index (κ3) is 5.14. The van der Waals surface area contributed by atoms with Gasteiger partial charge in [0.25, 0.3) is 0 Å². The zero-order valence-corrected chi connectivity index (χ0v) is 10.2. The summed E-state index contributed by atoms with van der Waals surface area (Å²) in [7, 11) is 0. The van der Waals surface area contributed by atoms with E-state index in [2.05, 4.69) is 0 Å². The number of hydrogen-bond acceptors (Lipinski definition) is 4. The molecule has 0 amide bonds. The van der Waals surface area contributed by atoms with Crippen molar-refractivity contribution in [3.63, 3.8) is 0 Å². The first-order valence-electron chi connectivity index (χ1n) is 5.78. The molecule has 0 heterocycles. The highest BCUT2D eigenvalue weighted by Crippen LogP contribution is 2.21. The third-order valence-electron chi connectivity index (χ3n) is 2.31. The van der Waals surface area contributed by atoms with Gasteiger partial charge in [-0.25, -0.2) is 0 Å². The van der Waals surface area contributed by atoms with E-state index >= 15 is 0 Å². The molecule has 1 aliphatic rings. The summed E-state index contributed by atoms with van der Waals surface area (Å²) in [4.78, 5) is 22.7. The molecule has 16 heavy (non-hydrogen) atoms. The molecule has 0 saturated heterocycles. The minimum absolute atomic E-state index is 0.00920. The second-order valence-electron chi connectivity index (χ2n) is 5.16. The van der Waals surface area contributed by atoms with Crippen LogP contribution >= 0.6 is 0 Å². The Morgan fingerprint density at radius 2 is 1.69 bits per heavy atom. The molecule has 1 saturated carbocycles. The number of esters is 2. The van der Waals surface area contributed by atoms with Crippen LogP contribution in [0, 0.1) is 0 Å².